The maximum absolute atomic E-state index is 10.5. The van der Waals surface area contributed by atoms with Crippen LogP contribution in [0.4, 0.5) is 11.4 Å². The van der Waals surface area contributed by atoms with Crippen molar-refractivity contribution in [3.63, 3.8) is 0 Å². The van der Waals surface area contributed by atoms with Gasteiger partial charge in [0.05, 0.1) is 9.85 Å². The maximum Gasteiger partial charge on any atom is 0.318 e. The topological polar surface area (TPSA) is 127 Å². The van der Waals surface area contributed by atoms with E-state index in [1.807, 2.05) is 0 Å². The number of nitrogens with zero attached hydrogens (tertiary/aromatic N) is 2. The monoisotopic (exact) mass is 228 g/mol. The second kappa shape index (κ2) is 4.01. The quantitative estimate of drug-likeness (QED) is 0.595. The molecule has 86 valence electrons. The molecule has 16 heavy (non-hydrogen) atoms. The van der Waals surface area contributed by atoms with Crippen LogP contribution in [0, 0.1) is 20.2 Å². The molecule has 0 aromatic heterocycles. The van der Waals surface area contributed by atoms with Crippen molar-refractivity contribution >= 4 is 11.4 Å². The summed E-state index contributed by atoms with van der Waals surface area (Å²) in [7, 11) is 0. The Labute approximate surface area is 89.1 Å². The van der Waals surface area contributed by atoms with Gasteiger partial charge in [-0.1, -0.05) is 6.92 Å². The van der Waals surface area contributed by atoms with Gasteiger partial charge in [0.15, 0.2) is 0 Å². The normalized spacial score (nSPS) is 10.1. The first-order chi connectivity index (χ1) is 7.40. The summed E-state index contributed by atoms with van der Waals surface area (Å²) in [5, 5.41) is 39.9. The molecule has 0 radical (unpaired) electrons. The van der Waals surface area contributed by atoms with Crippen molar-refractivity contribution in [2.75, 3.05) is 0 Å². The zero-order valence-corrected chi connectivity index (χ0v) is 8.21. The molecule has 0 aliphatic heterocycles. The standard InChI is InChI=1S/C8H8N2O6/c1-2-4-7(11)5(9(13)14)3-6(8(4)12)10(15)16/h3,11-12H,2H2,1H3. The SMILES string of the molecule is CCc1c(O)c([N+](=O)[O-])cc([N+](=O)[O-])c1O. The van der Waals surface area contributed by atoms with E-state index in [1.54, 1.807) is 0 Å². The van der Waals surface area contributed by atoms with Gasteiger partial charge in [-0.3, -0.25) is 20.2 Å². The Bertz CT molecular complexity index is 432. The number of rotatable bonds is 3. The highest BCUT2D eigenvalue weighted by Crippen LogP contribution is 2.42. The number of nitro benzene ring substituents is 2. The van der Waals surface area contributed by atoms with E-state index in [0.717, 1.165) is 0 Å². The number of benzene rings is 1. The highest BCUT2D eigenvalue weighted by atomic mass is 16.6. The van der Waals surface area contributed by atoms with Gasteiger partial charge in [0, 0.05) is 5.56 Å². The van der Waals surface area contributed by atoms with Gasteiger partial charge in [-0.25, -0.2) is 0 Å². The van der Waals surface area contributed by atoms with Crippen molar-refractivity contribution in [1.82, 2.24) is 0 Å². The molecule has 8 nitrogen and oxygen atoms in total. The fraction of sp³-hybridized carbons (Fsp3) is 0.250. The summed E-state index contributed by atoms with van der Waals surface area (Å²) in [5.41, 5.74) is -1.79. The summed E-state index contributed by atoms with van der Waals surface area (Å²) in [6.45, 7) is 1.50. The minimum absolute atomic E-state index is 0.0419. The van der Waals surface area contributed by atoms with E-state index in [1.165, 1.54) is 6.92 Å². The molecule has 2 N–H and O–H groups in total. The first kappa shape index (κ1) is 11.7. The van der Waals surface area contributed by atoms with Gasteiger partial charge in [-0.05, 0) is 6.42 Å². The highest BCUT2D eigenvalue weighted by molar-refractivity contribution is 5.65. The molecule has 8 heteroatoms. The number of aromatic hydroxyl groups is 2. The summed E-state index contributed by atoms with van der Waals surface area (Å²) in [6.07, 6.45) is 0.0419. The zero-order valence-electron chi connectivity index (χ0n) is 8.21. The van der Waals surface area contributed by atoms with Crippen LogP contribution in [-0.4, -0.2) is 20.1 Å². The Kier molecular flexibility index (Phi) is 2.93. The number of phenols is 2. The lowest BCUT2D eigenvalue weighted by Crippen LogP contribution is -1.97. The van der Waals surface area contributed by atoms with Crippen LogP contribution in [0.15, 0.2) is 6.07 Å². The average molecular weight is 228 g/mol. The van der Waals surface area contributed by atoms with Crippen LogP contribution in [0.5, 0.6) is 11.5 Å². The van der Waals surface area contributed by atoms with E-state index >= 15 is 0 Å². The summed E-state index contributed by atoms with van der Waals surface area (Å²) in [4.78, 5) is 19.1. The molecule has 0 amide bonds. The van der Waals surface area contributed by atoms with Crippen LogP contribution in [0.2, 0.25) is 0 Å². The van der Waals surface area contributed by atoms with Gasteiger partial charge in [-0.15, -0.1) is 0 Å². The molecule has 0 unspecified atom stereocenters. The molecule has 0 heterocycles. The maximum atomic E-state index is 10.5. The Balaban J connectivity index is 3.62. The lowest BCUT2D eigenvalue weighted by molar-refractivity contribution is -0.395. The number of hydrogen-bond acceptors (Lipinski definition) is 6. The Morgan fingerprint density at radius 2 is 1.50 bits per heavy atom. The lowest BCUT2D eigenvalue weighted by atomic mass is 10.1. The van der Waals surface area contributed by atoms with Crippen molar-refractivity contribution in [2.45, 2.75) is 13.3 Å². The predicted octanol–water partition coefficient (Wildman–Crippen LogP) is 1.48. The van der Waals surface area contributed by atoms with Crippen LogP contribution in [0.25, 0.3) is 0 Å². The van der Waals surface area contributed by atoms with E-state index in [-0.39, 0.29) is 12.0 Å². The fourth-order valence-electron chi connectivity index (χ4n) is 1.30. The van der Waals surface area contributed by atoms with Gasteiger partial charge < -0.3 is 10.2 Å². The van der Waals surface area contributed by atoms with E-state index in [2.05, 4.69) is 0 Å². The Hall–Kier alpha value is -2.38. The molecule has 1 aromatic carbocycles. The van der Waals surface area contributed by atoms with E-state index in [4.69, 9.17) is 0 Å². The molecule has 0 spiro atoms. The van der Waals surface area contributed by atoms with Gasteiger partial charge in [0.1, 0.15) is 6.07 Å². The molecule has 0 aliphatic carbocycles. The van der Waals surface area contributed by atoms with Crippen molar-refractivity contribution in [1.29, 1.82) is 0 Å². The van der Waals surface area contributed by atoms with Crippen LogP contribution in [-0.2, 0) is 6.42 Å². The molecule has 1 aromatic rings. The zero-order chi connectivity index (χ0) is 12.5. The molecule has 0 aliphatic rings. The van der Waals surface area contributed by atoms with Crippen LogP contribution < -0.4 is 0 Å². The molecule has 0 fully saturated rings. The Morgan fingerprint density at radius 3 is 1.75 bits per heavy atom. The summed E-state index contributed by atoms with van der Waals surface area (Å²) in [6, 6.07) is 0.532. The Morgan fingerprint density at radius 1 is 1.12 bits per heavy atom. The minimum Gasteiger partial charge on any atom is -0.502 e. The molecule has 1 rings (SSSR count). The van der Waals surface area contributed by atoms with E-state index in [0.29, 0.717) is 6.07 Å². The summed E-state index contributed by atoms with van der Waals surface area (Å²) in [5.74, 6) is -1.48. The third-order valence-electron chi connectivity index (χ3n) is 2.08. The number of nitro groups is 2. The molecule has 0 bridgehead atoms. The molecule has 0 saturated carbocycles. The number of hydrogen-bond donors (Lipinski definition) is 2. The average Bonchev–Trinajstić information content (AvgIpc) is 2.17. The second-order valence-corrected chi connectivity index (χ2v) is 2.96. The molecular formula is C8H8N2O6. The summed E-state index contributed by atoms with van der Waals surface area (Å²) < 4.78 is 0. The predicted molar refractivity (Wildman–Crippen MR) is 52.5 cm³/mol. The fourth-order valence-corrected chi connectivity index (χ4v) is 1.30. The van der Waals surface area contributed by atoms with E-state index in [9.17, 15) is 30.4 Å². The third kappa shape index (κ3) is 1.72. The van der Waals surface area contributed by atoms with Crippen LogP contribution in [0.3, 0.4) is 0 Å². The minimum atomic E-state index is -0.944. The highest BCUT2D eigenvalue weighted by Gasteiger charge is 2.28. The van der Waals surface area contributed by atoms with Crippen molar-refractivity contribution in [2.24, 2.45) is 0 Å². The van der Waals surface area contributed by atoms with Crippen molar-refractivity contribution in [3.05, 3.63) is 31.9 Å². The summed E-state index contributed by atoms with van der Waals surface area (Å²) >= 11 is 0. The smallest absolute Gasteiger partial charge is 0.318 e. The first-order valence-electron chi connectivity index (χ1n) is 4.26. The largest absolute Gasteiger partial charge is 0.502 e. The van der Waals surface area contributed by atoms with Gasteiger partial charge >= 0.3 is 11.4 Å². The molecular weight excluding hydrogens is 220 g/mol. The first-order valence-corrected chi connectivity index (χ1v) is 4.26. The number of phenolic OH excluding ortho intramolecular Hbond substituents is 2. The van der Waals surface area contributed by atoms with Crippen molar-refractivity contribution < 1.29 is 20.1 Å². The van der Waals surface area contributed by atoms with Gasteiger partial charge in [-0.2, -0.15) is 0 Å². The molecule has 0 atom stereocenters. The van der Waals surface area contributed by atoms with Crippen LogP contribution in [0.1, 0.15) is 12.5 Å². The van der Waals surface area contributed by atoms with Gasteiger partial charge in [0.2, 0.25) is 11.5 Å². The molecule has 0 saturated heterocycles. The van der Waals surface area contributed by atoms with Crippen LogP contribution >= 0.6 is 0 Å². The van der Waals surface area contributed by atoms with Crippen molar-refractivity contribution in [3.8, 4) is 11.5 Å². The third-order valence-corrected chi connectivity index (χ3v) is 2.08. The van der Waals surface area contributed by atoms with E-state index < -0.39 is 32.7 Å². The van der Waals surface area contributed by atoms with Gasteiger partial charge in [0.25, 0.3) is 0 Å². The second-order valence-electron chi connectivity index (χ2n) is 2.96. The lowest BCUT2D eigenvalue weighted by Gasteiger charge is -2.05.